The van der Waals surface area contributed by atoms with Gasteiger partial charge in [-0.1, -0.05) is 13.0 Å². The first-order chi connectivity index (χ1) is 8.92. The average molecular weight is 262 g/mol. The molecule has 1 rings (SSSR count). The quantitative estimate of drug-likeness (QED) is 0.468. The van der Waals surface area contributed by atoms with E-state index in [0.29, 0.717) is 17.8 Å². The predicted molar refractivity (Wildman–Crippen MR) is 77.2 cm³/mol. The minimum Gasteiger partial charge on any atom is -0.370 e. The number of amides is 1. The van der Waals surface area contributed by atoms with Gasteiger partial charge in [0.1, 0.15) is 0 Å². The summed E-state index contributed by atoms with van der Waals surface area (Å²) in [5, 5.41) is 2.74. The van der Waals surface area contributed by atoms with Crippen molar-refractivity contribution >= 4 is 29.2 Å². The Hall–Kier alpha value is -2.57. The minimum absolute atomic E-state index is 0.0398. The van der Waals surface area contributed by atoms with Gasteiger partial charge >= 0.3 is 0 Å². The van der Waals surface area contributed by atoms with Crippen LogP contribution in [0.5, 0.6) is 0 Å². The Balaban J connectivity index is 3.04. The average Bonchev–Trinajstić information content (AvgIpc) is 2.32. The molecule has 19 heavy (non-hydrogen) atoms. The fourth-order valence-electron chi connectivity index (χ4n) is 1.34. The maximum atomic E-state index is 11.3. The van der Waals surface area contributed by atoms with E-state index in [1.165, 1.54) is 0 Å². The number of benzene rings is 1. The number of nitrogens with one attached hydrogen (secondary N) is 1. The maximum absolute atomic E-state index is 11.3. The second kappa shape index (κ2) is 6.39. The summed E-state index contributed by atoms with van der Waals surface area (Å²) in [4.78, 5) is 19.0. The van der Waals surface area contributed by atoms with Crippen LogP contribution in [0.2, 0.25) is 0 Å². The van der Waals surface area contributed by atoms with Crippen LogP contribution >= 0.6 is 0 Å². The molecule has 1 amide bonds. The summed E-state index contributed by atoms with van der Waals surface area (Å²) in [5.74, 6) is -0.271. The third-order valence-electron chi connectivity index (χ3n) is 2.29. The van der Waals surface area contributed by atoms with Gasteiger partial charge in [0, 0.05) is 12.1 Å². The van der Waals surface area contributed by atoms with Gasteiger partial charge in [-0.2, -0.15) is 4.99 Å². The second-order valence-corrected chi connectivity index (χ2v) is 3.91. The molecule has 0 unspecified atom stereocenters. The molecular weight excluding hydrogens is 244 g/mol. The highest BCUT2D eigenvalue weighted by Gasteiger charge is 2.03. The summed E-state index contributed by atoms with van der Waals surface area (Å²) in [5.41, 5.74) is 18.1. The van der Waals surface area contributed by atoms with Gasteiger partial charge in [-0.3, -0.25) is 4.79 Å². The molecule has 1 aromatic carbocycles. The lowest BCUT2D eigenvalue weighted by molar-refractivity contribution is -0.115. The summed E-state index contributed by atoms with van der Waals surface area (Å²) in [6.07, 6.45) is 0.405. The van der Waals surface area contributed by atoms with E-state index in [1.807, 2.05) is 13.0 Å². The summed E-state index contributed by atoms with van der Waals surface area (Å²) in [6, 6.07) is 5.32. The number of aliphatic imine (C=N–C) groups is 2. The molecule has 0 spiro atoms. The molecule has 0 fully saturated rings. The monoisotopic (exact) mass is 262 g/mol. The van der Waals surface area contributed by atoms with Gasteiger partial charge in [0.15, 0.2) is 5.96 Å². The lowest BCUT2D eigenvalue weighted by atomic mass is 10.2. The lowest BCUT2D eigenvalue weighted by Gasteiger charge is -2.06. The van der Waals surface area contributed by atoms with Crippen molar-refractivity contribution in [1.82, 2.24) is 0 Å². The molecule has 7 heteroatoms. The van der Waals surface area contributed by atoms with Crippen LogP contribution in [-0.4, -0.2) is 17.8 Å². The molecule has 0 aliphatic heterocycles. The zero-order valence-electron chi connectivity index (χ0n) is 11.0. The third-order valence-corrected chi connectivity index (χ3v) is 2.29. The van der Waals surface area contributed by atoms with Crippen LogP contribution in [0, 0.1) is 6.92 Å². The van der Waals surface area contributed by atoms with Gasteiger partial charge in [-0.25, -0.2) is 4.99 Å². The van der Waals surface area contributed by atoms with Gasteiger partial charge in [0.2, 0.25) is 11.9 Å². The predicted octanol–water partition coefficient (Wildman–Crippen LogP) is 0.563. The van der Waals surface area contributed by atoms with E-state index < -0.39 is 0 Å². The standard InChI is InChI=1S/C12H18N6O/c1-3-10(19)16-8-5-4-7(2)9(6-8)17-12(15)18-11(13)14/h4-6H,3H2,1-2H3,(H,16,19)(H6,13,14,15,17,18). The highest BCUT2D eigenvalue weighted by Crippen LogP contribution is 2.23. The Morgan fingerprint density at radius 2 is 2.00 bits per heavy atom. The van der Waals surface area contributed by atoms with Crippen molar-refractivity contribution in [3.05, 3.63) is 23.8 Å². The number of carbonyl (C=O) groups excluding carboxylic acids is 1. The van der Waals surface area contributed by atoms with Gasteiger partial charge in [0.05, 0.1) is 5.69 Å². The molecule has 0 saturated carbocycles. The zero-order chi connectivity index (χ0) is 14.4. The Morgan fingerprint density at radius 3 is 2.58 bits per heavy atom. The molecule has 0 aromatic heterocycles. The van der Waals surface area contributed by atoms with Crippen molar-refractivity contribution in [3.8, 4) is 0 Å². The summed E-state index contributed by atoms with van der Waals surface area (Å²) < 4.78 is 0. The third kappa shape index (κ3) is 4.66. The van der Waals surface area contributed by atoms with Gasteiger partial charge in [-0.05, 0) is 24.6 Å². The maximum Gasteiger partial charge on any atom is 0.224 e. The van der Waals surface area contributed by atoms with Crippen molar-refractivity contribution in [2.75, 3.05) is 5.32 Å². The van der Waals surface area contributed by atoms with Crippen molar-refractivity contribution in [1.29, 1.82) is 0 Å². The number of carbonyl (C=O) groups is 1. The fourth-order valence-corrected chi connectivity index (χ4v) is 1.34. The number of nitrogens with two attached hydrogens (primary N) is 3. The molecular formula is C12H18N6O. The molecule has 7 nitrogen and oxygen atoms in total. The molecule has 0 radical (unpaired) electrons. The normalized spacial score (nSPS) is 10.9. The number of hydrogen-bond donors (Lipinski definition) is 4. The van der Waals surface area contributed by atoms with Gasteiger partial charge in [0.25, 0.3) is 0 Å². The van der Waals surface area contributed by atoms with Crippen LogP contribution in [0.15, 0.2) is 28.2 Å². The molecule has 0 saturated heterocycles. The van der Waals surface area contributed by atoms with Crippen LogP contribution in [0.25, 0.3) is 0 Å². The van der Waals surface area contributed by atoms with Crippen LogP contribution in [-0.2, 0) is 4.79 Å². The number of anilines is 1. The molecule has 0 bridgehead atoms. The van der Waals surface area contributed by atoms with Crippen LogP contribution in [0.1, 0.15) is 18.9 Å². The van der Waals surface area contributed by atoms with Crippen LogP contribution in [0.3, 0.4) is 0 Å². The van der Waals surface area contributed by atoms with Crippen LogP contribution in [0.4, 0.5) is 11.4 Å². The number of nitrogens with zero attached hydrogens (tertiary/aromatic N) is 2. The molecule has 7 N–H and O–H groups in total. The second-order valence-electron chi connectivity index (χ2n) is 3.91. The van der Waals surface area contributed by atoms with Crippen molar-refractivity contribution in [2.24, 2.45) is 27.2 Å². The summed E-state index contributed by atoms with van der Waals surface area (Å²) in [6.45, 7) is 3.65. The number of guanidine groups is 2. The highest BCUT2D eigenvalue weighted by atomic mass is 16.1. The summed E-state index contributed by atoms with van der Waals surface area (Å²) >= 11 is 0. The molecule has 1 aromatic rings. The van der Waals surface area contributed by atoms with E-state index in [1.54, 1.807) is 19.1 Å². The van der Waals surface area contributed by atoms with Gasteiger partial charge < -0.3 is 22.5 Å². The van der Waals surface area contributed by atoms with Crippen molar-refractivity contribution < 1.29 is 4.79 Å². The molecule has 0 heterocycles. The zero-order valence-corrected chi connectivity index (χ0v) is 11.0. The van der Waals surface area contributed by atoms with Gasteiger partial charge in [-0.15, -0.1) is 0 Å². The van der Waals surface area contributed by atoms with E-state index in [9.17, 15) is 4.79 Å². The van der Waals surface area contributed by atoms with E-state index in [2.05, 4.69) is 15.3 Å². The molecule has 0 aliphatic rings. The van der Waals surface area contributed by atoms with E-state index in [0.717, 1.165) is 5.56 Å². The smallest absolute Gasteiger partial charge is 0.224 e. The molecule has 0 atom stereocenters. The fraction of sp³-hybridized carbons (Fsp3) is 0.250. The SMILES string of the molecule is CCC(=O)Nc1ccc(C)c(N=C(N)N=C(N)N)c1. The Kier molecular flexibility index (Phi) is 4.87. The first-order valence-electron chi connectivity index (χ1n) is 5.76. The molecule has 102 valence electrons. The number of aryl methyl sites for hydroxylation is 1. The lowest BCUT2D eigenvalue weighted by Crippen LogP contribution is -2.26. The summed E-state index contributed by atoms with van der Waals surface area (Å²) in [7, 11) is 0. The number of hydrogen-bond acceptors (Lipinski definition) is 2. The van der Waals surface area contributed by atoms with E-state index in [4.69, 9.17) is 17.2 Å². The van der Waals surface area contributed by atoms with Crippen molar-refractivity contribution in [2.45, 2.75) is 20.3 Å². The minimum atomic E-state index is -0.158. The van der Waals surface area contributed by atoms with E-state index in [-0.39, 0.29) is 17.8 Å². The highest BCUT2D eigenvalue weighted by molar-refractivity contribution is 5.94. The Labute approximate surface area is 111 Å². The first kappa shape index (κ1) is 14.5. The first-order valence-corrected chi connectivity index (χ1v) is 5.76. The van der Waals surface area contributed by atoms with E-state index >= 15 is 0 Å². The van der Waals surface area contributed by atoms with Crippen LogP contribution < -0.4 is 22.5 Å². The Bertz CT molecular complexity index is 531. The number of rotatable bonds is 3. The van der Waals surface area contributed by atoms with Crippen molar-refractivity contribution in [3.63, 3.8) is 0 Å². The topological polar surface area (TPSA) is 132 Å². The Morgan fingerprint density at radius 1 is 1.32 bits per heavy atom. The molecule has 0 aliphatic carbocycles. The largest absolute Gasteiger partial charge is 0.370 e.